The van der Waals surface area contributed by atoms with E-state index in [1.807, 2.05) is 24.3 Å². The fourth-order valence-corrected chi connectivity index (χ4v) is 2.37. The van der Waals surface area contributed by atoms with Gasteiger partial charge in [-0.05, 0) is 37.0 Å². The molecule has 5 heteroatoms. The van der Waals surface area contributed by atoms with Crippen LogP contribution in [0, 0.1) is 0 Å². The fourth-order valence-electron chi connectivity index (χ4n) is 2.24. The Balaban J connectivity index is 2.50. The quantitative estimate of drug-likeness (QED) is 0.367. The molecular weight excluding hydrogens is 326 g/mol. The van der Waals surface area contributed by atoms with Crippen LogP contribution in [0.2, 0.25) is 5.02 Å². The van der Waals surface area contributed by atoms with Gasteiger partial charge in [0.2, 0.25) is 5.91 Å². The number of hydrogen-bond acceptors (Lipinski definition) is 3. The Bertz CT molecular complexity index is 581. The number of aryl methyl sites for hydroxylation is 1. The molecule has 4 nitrogen and oxygen atoms in total. The van der Waals surface area contributed by atoms with Crippen LogP contribution in [0.1, 0.15) is 24.8 Å². The Labute approximate surface area is 148 Å². The zero-order valence-electron chi connectivity index (χ0n) is 14.1. The van der Waals surface area contributed by atoms with Crippen molar-refractivity contribution in [3.63, 3.8) is 0 Å². The average molecular weight is 350 g/mol. The molecule has 1 amide bonds. The maximum Gasteiger partial charge on any atom is 0.305 e. The first-order valence-corrected chi connectivity index (χ1v) is 8.25. The van der Waals surface area contributed by atoms with E-state index in [0.29, 0.717) is 30.1 Å². The second-order valence-corrected chi connectivity index (χ2v) is 5.89. The number of hydrogen-bond donors (Lipinski definition) is 0. The lowest BCUT2D eigenvalue weighted by atomic mass is 10.1. The largest absolute Gasteiger partial charge is 0.469 e. The number of carbonyl (C=O) groups is 2. The fraction of sp³-hybridized carbons (Fsp3) is 0.368. The van der Waals surface area contributed by atoms with Crippen molar-refractivity contribution in [1.29, 1.82) is 0 Å². The maximum atomic E-state index is 12.4. The van der Waals surface area contributed by atoms with Gasteiger partial charge >= 0.3 is 5.97 Å². The lowest BCUT2D eigenvalue weighted by molar-refractivity contribution is -0.140. The molecule has 0 bridgehead atoms. The van der Waals surface area contributed by atoms with E-state index in [0.717, 1.165) is 12.8 Å². The number of benzene rings is 1. The highest BCUT2D eigenvalue weighted by Gasteiger charge is 2.16. The van der Waals surface area contributed by atoms with E-state index in [1.165, 1.54) is 12.7 Å². The molecule has 0 atom stereocenters. The van der Waals surface area contributed by atoms with E-state index >= 15 is 0 Å². The van der Waals surface area contributed by atoms with Crippen molar-refractivity contribution in [3.8, 4) is 0 Å². The molecule has 0 aromatic heterocycles. The first kappa shape index (κ1) is 20.0. The van der Waals surface area contributed by atoms with Gasteiger partial charge in [0, 0.05) is 30.1 Å². The summed E-state index contributed by atoms with van der Waals surface area (Å²) in [6.07, 6.45) is 3.83. The minimum Gasteiger partial charge on any atom is -0.469 e. The summed E-state index contributed by atoms with van der Waals surface area (Å²) in [5, 5.41) is 0.712. The van der Waals surface area contributed by atoms with Crippen LogP contribution in [-0.2, 0) is 20.7 Å². The molecule has 0 aliphatic heterocycles. The summed E-state index contributed by atoms with van der Waals surface area (Å²) in [7, 11) is 1.33. The molecule has 0 saturated heterocycles. The number of nitrogens with zero attached hydrogens (tertiary/aromatic N) is 1. The van der Waals surface area contributed by atoms with E-state index in [-0.39, 0.29) is 18.3 Å². The third-order valence-corrected chi connectivity index (χ3v) is 3.86. The number of carbonyl (C=O) groups excluding carboxylic acids is 2. The van der Waals surface area contributed by atoms with Gasteiger partial charge in [0.1, 0.15) is 0 Å². The number of amides is 1. The van der Waals surface area contributed by atoms with Gasteiger partial charge in [0.15, 0.2) is 0 Å². The zero-order valence-corrected chi connectivity index (χ0v) is 14.8. The van der Waals surface area contributed by atoms with Crippen LogP contribution in [0.15, 0.2) is 49.1 Å². The molecule has 1 aromatic rings. The molecule has 0 aliphatic rings. The van der Waals surface area contributed by atoms with Gasteiger partial charge in [0.25, 0.3) is 0 Å². The molecule has 0 fully saturated rings. The van der Waals surface area contributed by atoms with E-state index in [9.17, 15) is 9.59 Å². The van der Waals surface area contributed by atoms with E-state index in [1.54, 1.807) is 11.0 Å². The normalized spacial score (nSPS) is 10.1. The second-order valence-electron chi connectivity index (χ2n) is 5.45. The highest BCUT2D eigenvalue weighted by molar-refractivity contribution is 6.30. The van der Waals surface area contributed by atoms with Crippen molar-refractivity contribution in [2.75, 3.05) is 20.2 Å². The van der Waals surface area contributed by atoms with Gasteiger partial charge in [-0.3, -0.25) is 9.59 Å². The van der Waals surface area contributed by atoms with Gasteiger partial charge in [-0.1, -0.05) is 36.4 Å². The monoisotopic (exact) mass is 349 g/mol. The number of methoxy groups -OCH3 is 1. The van der Waals surface area contributed by atoms with Crippen LogP contribution in [-0.4, -0.2) is 37.0 Å². The Kier molecular flexibility index (Phi) is 8.87. The molecule has 0 aliphatic carbocycles. The standard InChI is InChI=1S/C19H24ClNO3/c1-4-13-21(19(23)15(2)7-12-18(22)24-3)14-5-6-16-8-10-17(20)11-9-16/h4,8-11H,1-2,5-7,12-14H2,3H3. The zero-order chi connectivity index (χ0) is 17.9. The van der Waals surface area contributed by atoms with Gasteiger partial charge in [-0.25, -0.2) is 0 Å². The molecule has 0 heterocycles. The van der Waals surface area contributed by atoms with Gasteiger partial charge in [0.05, 0.1) is 7.11 Å². The Morgan fingerprint density at radius 1 is 1.25 bits per heavy atom. The summed E-state index contributed by atoms with van der Waals surface area (Å²) in [4.78, 5) is 25.3. The van der Waals surface area contributed by atoms with Crippen LogP contribution < -0.4 is 0 Å². The minimum atomic E-state index is -0.345. The summed E-state index contributed by atoms with van der Waals surface area (Å²) >= 11 is 5.87. The van der Waals surface area contributed by atoms with Crippen molar-refractivity contribution in [3.05, 3.63) is 59.7 Å². The van der Waals surface area contributed by atoms with Crippen LogP contribution in [0.25, 0.3) is 0 Å². The SMILES string of the molecule is C=CCN(CCCc1ccc(Cl)cc1)C(=O)C(=C)CCC(=O)OC. The smallest absolute Gasteiger partial charge is 0.305 e. The summed E-state index contributed by atoms with van der Waals surface area (Å²) in [5.41, 5.74) is 1.59. The van der Waals surface area contributed by atoms with Crippen LogP contribution >= 0.6 is 11.6 Å². The molecule has 0 N–H and O–H groups in total. The first-order valence-electron chi connectivity index (χ1n) is 7.87. The van der Waals surface area contributed by atoms with Crippen LogP contribution in [0.4, 0.5) is 0 Å². The van der Waals surface area contributed by atoms with Crippen molar-refractivity contribution >= 4 is 23.5 Å². The second kappa shape index (κ2) is 10.7. The van der Waals surface area contributed by atoms with Gasteiger partial charge < -0.3 is 9.64 Å². The van der Waals surface area contributed by atoms with E-state index < -0.39 is 0 Å². The Morgan fingerprint density at radius 2 is 1.92 bits per heavy atom. The van der Waals surface area contributed by atoms with E-state index in [4.69, 9.17) is 11.6 Å². The molecule has 0 spiro atoms. The number of halogens is 1. The lowest BCUT2D eigenvalue weighted by Gasteiger charge is -2.22. The molecule has 1 rings (SSSR count). The highest BCUT2D eigenvalue weighted by atomic mass is 35.5. The summed E-state index contributed by atoms with van der Waals surface area (Å²) in [6, 6.07) is 7.69. The van der Waals surface area contributed by atoms with Crippen LogP contribution in [0.3, 0.4) is 0 Å². The van der Waals surface area contributed by atoms with Crippen molar-refractivity contribution in [1.82, 2.24) is 4.90 Å². The summed E-state index contributed by atoms with van der Waals surface area (Å²) < 4.78 is 4.58. The van der Waals surface area contributed by atoms with Crippen molar-refractivity contribution in [2.24, 2.45) is 0 Å². The van der Waals surface area contributed by atoms with Crippen LogP contribution in [0.5, 0.6) is 0 Å². The Morgan fingerprint density at radius 3 is 2.50 bits per heavy atom. The predicted octanol–water partition coefficient (Wildman–Crippen LogP) is 3.80. The molecule has 0 unspecified atom stereocenters. The average Bonchev–Trinajstić information content (AvgIpc) is 2.59. The van der Waals surface area contributed by atoms with Crippen molar-refractivity contribution in [2.45, 2.75) is 25.7 Å². The number of ether oxygens (including phenoxy) is 1. The third kappa shape index (κ3) is 7.01. The molecule has 24 heavy (non-hydrogen) atoms. The molecule has 130 valence electrons. The minimum absolute atomic E-state index is 0.144. The third-order valence-electron chi connectivity index (χ3n) is 3.60. The summed E-state index contributed by atoms with van der Waals surface area (Å²) in [6.45, 7) is 8.54. The lowest BCUT2D eigenvalue weighted by Crippen LogP contribution is -2.33. The van der Waals surface area contributed by atoms with Gasteiger partial charge in [-0.15, -0.1) is 6.58 Å². The predicted molar refractivity (Wildman–Crippen MR) is 96.9 cm³/mol. The van der Waals surface area contributed by atoms with Gasteiger partial charge in [-0.2, -0.15) is 0 Å². The highest BCUT2D eigenvalue weighted by Crippen LogP contribution is 2.13. The first-order chi connectivity index (χ1) is 11.5. The molecule has 0 radical (unpaired) electrons. The number of esters is 1. The molecule has 0 saturated carbocycles. The van der Waals surface area contributed by atoms with Crippen molar-refractivity contribution < 1.29 is 14.3 Å². The number of rotatable bonds is 10. The summed E-state index contributed by atoms with van der Waals surface area (Å²) in [5.74, 6) is -0.489. The van der Waals surface area contributed by atoms with E-state index in [2.05, 4.69) is 17.9 Å². The Hall–Kier alpha value is -2.07. The maximum absolute atomic E-state index is 12.4. The molecule has 1 aromatic carbocycles. The topological polar surface area (TPSA) is 46.6 Å². The molecular formula is C19H24ClNO3.